The molecule has 1 fully saturated rings. The molecular formula is C13H20N2O2S. The summed E-state index contributed by atoms with van der Waals surface area (Å²) in [4.78, 5) is 0.199. The van der Waals surface area contributed by atoms with Crippen molar-refractivity contribution in [1.29, 1.82) is 0 Å². The molecule has 1 saturated carbocycles. The van der Waals surface area contributed by atoms with Crippen LogP contribution in [0.4, 0.5) is 5.69 Å². The van der Waals surface area contributed by atoms with E-state index in [1.165, 1.54) is 6.42 Å². The van der Waals surface area contributed by atoms with Crippen molar-refractivity contribution >= 4 is 15.7 Å². The Kier molecular flexibility index (Phi) is 3.64. The van der Waals surface area contributed by atoms with Gasteiger partial charge in [0.15, 0.2) is 0 Å². The minimum atomic E-state index is -3.48. The lowest BCUT2D eigenvalue weighted by Crippen LogP contribution is -2.32. The number of hydrogen-bond donors (Lipinski definition) is 2. The minimum absolute atomic E-state index is 0.199. The van der Waals surface area contributed by atoms with Crippen LogP contribution < -0.4 is 10.5 Å². The molecule has 0 bridgehead atoms. The zero-order valence-electron chi connectivity index (χ0n) is 10.9. The Bertz CT molecular complexity index is 548. The molecule has 4 nitrogen and oxygen atoms in total. The van der Waals surface area contributed by atoms with Crippen molar-refractivity contribution in [2.75, 3.05) is 12.3 Å². The van der Waals surface area contributed by atoms with Crippen molar-refractivity contribution in [3.63, 3.8) is 0 Å². The van der Waals surface area contributed by atoms with Gasteiger partial charge in [-0.1, -0.05) is 6.42 Å². The zero-order chi connectivity index (χ0) is 13.3. The molecule has 0 spiro atoms. The maximum Gasteiger partial charge on any atom is 0.242 e. The van der Waals surface area contributed by atoms with E-state index in [0.717, 1.165) is 24.0 Å². The van der Waals surface area contributed by atoms with E-state index in [9.17, 15) is 8.42 Å². The summed E-state index contributed by atoms with van der Waals surface area (Å²) >= 11 is 0. The van der Waals surface area contributed by atoms with Gasteiger partial charge in [-0.15, -0.1) is 0 Å². The van der Waals surface area contributed by atoms with Crippen LogP contribution in [0.2, 0.25) is 0 Å². The van der Waals surface area contributed by atoms with E-state index in [2.05, 4.69) is 4.72 Å². The van der Waals surface area contributed by atoms with E-state index in [1.807, 2.05) is 13.8 Å². The minimum Gasteiger partial charge on any atom is -0.398 e. The number of nitrogen functional groups attached to an aromatic ring is 1. The molecule has 0 radical (unpaired) electrons. The maximum atomic E-state index is 12.2. The average molecular weight is 268 g/mol. The largest absolute Gasteiger partial charge is 0.398 e. The summed E-state index contributed by atoms with van der Waals surface area (Å²) < 4.78 is 27.0. The van der Waals surface area contributed by atoms with Gasteiger partial charge in [-0.3, -0.25) is 0 Å². The summed E-state index contributed by atoms with van der Waals surface area (Å²) in [5, 5.41) is 0. The van der Waals surface area contributed by atoms with E-state index in [-0.39, 0.29) is 4.90 Å². The highest BCUT2D eigenvalue weighted by atomic mass is 32.2. The molecule has 5 heteroatoms. The third-order valence-electron chi connectivity index (χ3n) is 3.70. The number of sulfonamides is 1. The lowest BCUT2D eigenvalue weighted by molar-refractivity contribution is 0.316. The van der Waals surface area contributed by atoms with Crippen LogP contribution in [0.3, 0.4) is 0 Å². The van der Waals surface area contributed by atoms with Crippen molar-refractivity contribution in [2.45, 2.75) is 38.0 Å². The summed E-state index contributed by atoms with van der Waals surface area (Å²) in [7, 11) is -3.48. The predicted molar refractivity (Wildman–Crippen MR) is 72.9 cm³/mol. The topological polar surface area (TPSA) is 72.2 Å². The normalized spacial score (nSPS) is 16.6. The first kappa shape index (κ1) is 13.4. The van der Waals surface area contributed by atoms with Crippen LogP contribution in [0.5, 0.6) is 0 Å². The van der Waals surface area contributed by atoms with Gasteiger partial charge in [-0.2, -0.15) is 0 Å². The molecule has 0 atom stereocenters. The highest BCUT2D eigenvalue weighted by Crippen LogP contribution is 2.27. The van der Waals surface area contributed by atoms with Crippen LogP contribution in [0, 0.1) is 19.8 Å². The number of anilines is 1. The first-order valence-electron chi connectivity index (χ1n) is 6.26. The molecule has 1 aromatic rings. The third-order valence-corrected chi connectivity index (χ3v) is 5.18. The van der Waals surface area contributed by atoms with Gasteiger partial charge in [-0.05, 0) is 55.9 Å². The Balaban J connectivity index is 2.20. The van der Waals surface area contributed by atoms with Gasteiger partial charge in [-0.25, -0.2) is 13.1 Å². The van der Waals surface area contributed by atoms with Crippen LogP contribution in [-0.4, -0.2) is 15.0 Å². The second-order valence-electron chi connectivity index (χ2n) is 5.12. The Hall–Kier alpha value is -1.07. The molecule has 0 amide bonds. The van der Waals surface area contributed by atoms with E-state index in [0.29, 0.717) is 18.2 Å². The number of nitrogens with two attached hydrogens (primary N) is 1. The van der Waals surface area contributed by atoms with E-state index < -0.39 is 10.0 Å². The van der Waals surface area contributed by atoms with Gasteiger partial charge in [0, 0.05) is 6.54 Å². The molecule has 3 N–H and O–H groups in total. The molecule has 0 unspecified atom stereocenters. The Morgan fingerprint density at radius 1 is 1.28 bits per heavy atom. The fraction of sp³-hybridized carbons (Fsp3) is 0.538. The molecule has 0 aromatic heterocycles. The van der Waals surface area contributed by atoms with Gasteiger partial charge in [0.25, 0.3) is 0 Å². The molecule has 1 aliphatic carbocycles. The van der Waals surface area contributed by atoms with Crippen LogP contribution in [0.1, 0.15) is 30.4 Å². The molecule has 0 saturated heterocycles. The van der Waals surface area contributed by atoms with Crippen LogP contribution in [0.15, 0.2) is 17.0 Å². The number of rotatable bonds is 4. The van der Waals surface area contributed by atoms with E-state index in [1.54, 1.807) is 12.1 Å². The summed E-state index contributed by atoms with van der Waals surface area (Å²) in [6, 6.07) is 3.36. The van der Waals surface area contributed by atoms with E-state index >= 15 is 0 Å². The average Bonchev–Trinajstić information content (AvgIpc) is 2.20. The van der Waals surface area contributed by atoms with Crippen molar-refractivity contribution in [1.82, 2.24) is 4.72 Å². The first-order valence-corrected chi connectivity index (χ1v) is 7.75. The molecule has 100 valence electrons. The summed E-state index contributed by atoms with van der Waals surface area (Å²) in [6.45, 7) is 4.33. The van der Waals surface area contributed by atoms with Crippen molar-refractivity contribution in [3.8, 4) is 0 Å². The Morgan fingerprint density at radius 3 is 2.44 bits per heavy atom. The maximum absolute atomic E-state index is 12.2. The zero-order valence-corrected chi connectivity index (χ0v) is 11.7. The number of benzene rings is 1. The third kappa shape index (κ3) is 2.67. The number of nitrogens with one attached hydrogen (secondary N) is 1. The van der Waals surface area contributed by atoms with Crippen molar-refractivity contribution in [2.24, 2.45) is 5.92 Å². The van der Waals surface area contributed by atoms with Gasteiger partial charge in [0.2, 0.25) is 10.0 Å². The van der Waals surface area contributed by atoms with Gasteiger partial charge in [0.1, 0.15) is 4.90 Å². The van der Waals surface area contributed by atoms with Gasteiger partial charge >= 0.3 is 0 Å². The SMILES string of the molecule is Cc1cc(N)c(S(=O)(=O)NCC2CCC2)cc1C. The lowest BCUT2D eigenvalue weighted by atomic mass is 9.86. The first-order chi connectivity index (χ1) is 8.40. The summed E-state index contributed by atoms with van der Waals surface area (Å²) in [5.41, 5.74) is 8.07. The summed E-state index contributed by atoms with van der Waals surface area (Å²) in [5.74, 6) is 0.493. The Morgan fingerprint density at radius 2 is 1.89 bits per heavy atom. The molecule has 18 heavy (non-hydrogen) atoms. The molecular weight excluding hydrogens is 248 g/mol. The van der Waals surface area contributed by atoms with E-state index in [4.69, 9.17) is 5.73 Å². The molecule has 1 aliphatic rings. The second kappa shape index (κ2) is 4.90. The highest BCUT2D eigenvalue weighted by molar-refractivity contribution is 7.89. The predicted octanol–water partition coefficient (Wildman–Crippen LogP) is 1.96. The quantitative estimate of drug-likeness (QED) is 0.820. The summed E-state index contributed by atoms with van der Waals surface area (Å²) in [6.07, 6.45) is 3.44. The molecule has 0 heterocycles. The van der Waals surface area contributed by atoms with Crippen molar-refractivity contribution in [3.05, 3.63) is 23.3 Å². The van der Waals surface area contributed by atoms with Crippen LogP contribution in [0.25, 0.3) is 0 Å². The lowest BCUT2D eigenvalue weighted by Gasteiger charge is -2.25. The van der Waals surface area contributed by atoms with Crippen LogP contribution in [-0.2, 0) is 10.0 Å². The number of aryl methyl sites for hydroxylation is 2. The second-order valence-corrected chi connectivity index (χ2v) is 6.86. The standard InChI is InChI=1S/C13H20N2O2S/c1-9-6-12(14)13(7-10(9)2)18(16,17)15-8-11-4-3-5-11/h6-7,11,15H,3-5,8,14H2,1-2H3. The fourth-order valence-corrected chi connectivity index (χ4v) is 3.36. The highest BCUT2D eigenvalue weighted by Gasteiger charge is 2.23. The fourth-order valence-electron chi connectivity index (χ4n) is 2.05. The smallest absolute Gasteiger partial charge is 0.242 e. The molecule has 2 rings (SSSR count). The monoisotopic (exact) mass is 268 g/mol. The van der Waals surface area contributed by atoms with Crippen molar-refractivity contribution < 1.29 is 8.42 Å². The van der Waals surface area contributed by atoms with Gasteiger partial charge in [0.05, 0.1) is 5.69 Å². The Labute approximate surface area is 109 Å². The number of hydrogen-bond acceptors (Lipinski definition) is 3. The molecule has 1 aromatic carbocycles. The van der Waals surface area contributed by atoms with Gasteiger partial charge < -0.3 is 5.73 Å². The molecule has 0 aliphatic heterocycles. The van der Waals surface area contributed by atoms with Crippen LogP contribution >= 0.6 is 0 Å².